The highest BCUT2D eigenvalue weighted by Gasteiger charge is 2.18. The summed E-state index contributed by atoms with van der Waals surface area (Å²) in [6.07, 6.45) is 0. The van der Waals surface area contributed by atoms with Gasteiger partial charge < -0.3 is 4.52 Å². The molecule has 7 heteroatoms. The summed E-state index contributed by atoms with van der Waals surface area (Å²) in [5, 5.41) is 4.55. The van der Waals surface area contributed by atoms with Crippen molar-refractivity contribution in [3.05, 3.63) is 110 Å². The van der Waals surface area contributed by atoms with Crippen LogP contribution in [0.5, 0.6) is 0 Å². The maximum Gasteiger partial charge on any atom is 0.336 e. The van der Waals surface area contributed by atoms with Crippen LogP contribution in [0.4, 0.5) is 0 Å². The highest BCUT2D eigenvalue weighted by molar-refractivity contribution is 5.78. The molecule has 5 rings (SSSR count). The summed E-state index contributed by atoms with van der Waals surface area (Å²) in [5.74, 6) is 0.740. The van der Waals surface area contributed by atoms with E-state index >= 15 is 0 Å². The number of hydrogen-bond acceptors (Lipinski definition) is 5. The Hall–Kier alpha value is -4.26. The zero-order valence-corrected chi connectivity index (χ0v) is 19.5. The molecule has 0 atom stereocenters. The Morgan fingerprint density at radius 3 is 2.26 bits per heavy atom. The minimum absolute atomic E-state index is 0.0440. The van der Waals surface area contributed by atoms with Gasteiger partial charge in [0.1, 0.15) is 6.54 Å². The molecule has 0 aliphatic heterocycles. The lowest BCUT2D eigenvalue weighted by Gasteiger charge is -2.13. The Labute approximate surface area is 195 Å². The van der Waals surface area contributed by atoms with Gasteiger partial charge in [-0.25, -0.2) is 9.36 Å². The molecule has 0 N–H and O–H groups in total. The highest BCUT2D eigenvalue weighted by atomic mass is 16.5. The van der Waals surface area contributed by atoms with Crippen LogP contribution in [-0.2, 0) is 6.54 Å². The molecule has 0 saturated heterocycles. The second kappa shape index (κ2) is 8.26. The van der Waals surface area contributed by atoms with Crippen LogP contribution in [0.2, 0.25) is 0 Å². The lowest BCUT2D eigenvalue weighted by atomic mass is 10.1. The van der Waals surface area contributed by atoms with Gasteiger partial charge in [-0.3, -0.25) is 9.36 Å². The Kier molecular flexibility index (Phi) is 5.24. The van der Waals surface area contributed by atoms with Crippen LogP contribution < -0.4 is 11.2 Å². The van der Waals surface area contributed by atoms with Crippen LogP contribution in [0.15, 0.2) is 74.8 Å². The first-order valence-electron chi connectivity index (χ1n) is 11.1. The van der Waals surface area contributed by atoms with E-state index in [9.17, 15) is 9.59 Å². The van der Waals surface area contributed by atoms with E-state index in [0.29, 0.717) is 22.4 Å². The predicted molar refractivity (Wildman–Crippen MR) is 132 cm³/mol. The topological polar surface area (TPSA) is 82.9 Å². The number of nitrogens with zero attached hydrogens (tertiary/aromatic N) is 4. The van der Waals surface area contributed by atoms with Crippen molar-refractivity contribution < 1.29 is 4.52 Å². The fourth-order valence-electron chi connectivity index (χ4n) is 4.02. The summed E-state index contributed by atoms with van der Waals surface area (Å²) >= 11 is 0. The van der Waals surface area contributed by atoms with E-state index in [0.717, 1.165) is 22.3 Å². The maximum atomic E-state index is 13.6. The molecule has 3 aromatic carbocycles. The van der Waals surface area contributed by atoms with Crippen LogP contribution in [-0.4, -0.2) is 19.3 Å². The van der Waals surface area contributed by atoms with Crippen molar-refractivity contribution in [2.24, 2.45) is 0 Å². The Bertz CT molecular complexity index is 1670. The monoisotopic (exact) mass is 452 g/mol. The van der Waals surface area contributed by atoms with Gasteiger partial charge in [-0.1, -0.05) is 35.5 Å². The molecule has 0 fully saturated rings. The summed E-state index contributed by atoms with van der Waals surface area (Å²) in [5.41, 5.74) is 5.46. The fourth-order valence-corrected chi connectivity index (χ4v) is 4.02. The van der Waals surface area contributed by atoms with Gasteiger partial charge in [-0.05, 0) is 80.3 Å². The van der Waals surface area contributed by atoms with Crippen LogP contribution in [0.1, 0.15) is 28.1 Å². The number of aryl methyl sites for hydroxylation is 4. The summed E-state index contributed by atoms with van der Waals surface area (Å²) in [6.45, 7) is 8.06. The Balaban J connectivity index is 1.65. The number of hydrogen-bond donors (Lipinski definition) is 0. The molecule has 7 nitrogen and oxygen atoms in total. The molecule has 0 amide bonds. The molecular weight excluding hydrogens is 428 g/mol. The van der Waals surface area contributed by atoms with Gasteiger partial charge in [-0.2, -0.15) is 4.98 Å². The van der Waals surface area contributed by atoms with Crippen LogP contribution in [0, 0.1) is 27.7 Å². The second-order valence-corrected chi connectivity index (χ2v) is 8.61. The largest absolute Gasteiger partial charge is 0.337 e. The van der Waals surface area contributed by atoms with E-state index in [4.69, 9.17) is 4.52 Å². The van der Waals surface area contributed by atoms with Crippen molar-refractivity contribution >= 4 is 10.9 Å². The molecule has 170 valence electrons. The first-order valence-corrected chi connectivity index (χ1v) is 11.1. The van der Waals surface area contributed by atoms with E-state index in [1.807, 2.05) is 58.0 Å². The van der Waals surface area contributed by atoms with E-state index in [1.165, 1.54) is 14.7 Å². The zero-order chi connectivity index (χ0) is 24.0. The van der Waals surface area contributed by atoms with Crippen molar-refractivity contribution in [2.75, 3.05) is 0 Å². The van der Waals surface area contributed by atoms with Gasteiger partial charge >= 0.3 is 5.69 Å². The normalized spacial score (nSPS) is 11.3. The average molecular weight is 453 g/mol. The van der Waals surface area contributed by atoms with Crippen LogP contribution in [0.25, 0.3) is 28.0 Å². The van der Waals surface area contributed by atoms with Crippen molar-refractivity contribution in [1.29, 1.82) is 0 Å². The standard InChI is InChI=1S/C27H24N4O3/c1-16-9-11-20(13-18(16)3)25-28-24(34-29-25)15-30-23-8-6-5-7-22(23)26(32)31(27(30)33)21-12-10-17(2)19(4)14-21/h5-14H,15H2,1-4H3. The van der Waals surface area contributed by atoms with E-state index in [-0.39, 0.29) is 18.0 Å². The van der Waals surface area contributed by atoms with Crippen molar-refractivity contribution in [1.82, 2.24) is 19.3 Å². The minimum Gasteiger partial charge on any atom is -0.337 e. The van der Waals surface area contributed by atoms with Gasteiger partial charge in [0.15, 0.2) is 0 Å². The number of para-hydroxylation sites is 1. The molecule has 0 radical (unpaired) electrons. The lowest BCUT2D eigenvalue weighted by molar-refractivity contribution is 0.370. The first-order chi connectivity index (χ1) is 16.3. The quantitative estimate of drug-likeness (QED) is 0.401. The molecule has 2 heterocycles. The van der Waals surface area contributed by atoms with Crippen LogP contribution >= 0.6 is 0 Å². The summed E-state index contributed by atoms with van der Waals surface area (Å²) in [6, 6.07) is 18.6. The first kappa shape index (κ1) is 21.6. The van der Waals surface area contributed by atoms with Gasteiger partial charge in [0.2, 0.25) is 11.7 Å². The molecule has 5 aromatic rings. The highest BCUT2D eigenvalue weighted by Crippen LogP contribution is 2.20. The lowest BCUT2D eigenvalue weighted by Crippen LogP contribution is -2.39. The van der Waals surface area contributed by atoms with Gasteiger partial charge in [0.05, 0.1) is 16.6 Å². The molecule has 0 saturated carbocycles. The number of aromatic nitrogens is 4. The predicted octanol–water partition coefficient (Wildman–Crippen LogP) is 4.48. The van der Waals surface area contributed by atoms with Gasteiger partial charge in [0, 0.05) is 5.56 Å². The maximum absolute atomic E-state index is 13.6. The Morgan fingerprint density at radius 1 is 0.824 bits per heavy atom. The van der Waals surface area contributed by atoms with E-state index in [2.05, 4.69) is 10.1 Å². The molecule has 0 aliphatic rings. The smallest absolute Gasteiger partial charge is 0.336 e. The summed E-state index contributed by atoms with van der Waals surface area (Å²) < 4.78 is 8.21. The molecule has 34 heavy (non-hydrogen) atoms. The number of fused-ring (bicyclic) bond motifs is 1. The molecule has 0 aliphatic carbocycles. The van der Waals surface area contributed by atoms with Gasteiger partial charge in [0.25, 0.3) is 5.56 Å². The zero-order valence-electron chi connectivity index (χ0n) is 19.5. The SMILES string of the molecule is Cc1ccc(-c2noc(Cn3c(=O)n(-c4ccc(C)c(C)c4)c(=O)c4ccccc43)n2)cc1C. The molecule has 2 aromatic heterocycles. The molecular formula is C27H24N4O3. The van der Waals surface area contributed by atoms with Crippen LogP contribution in [0.3, 0.4) is 0 Å². The van der Waals surface area contributed by atoms with Crippen molar-refractivity contribution in [3.8, 4) is 17.1 Å². The summed E-state index contributed by atoms with van der Waals surface area (Å²) in [7, 11) is 0. The average Bonchev–Trinajstić information content (AvgIpc) is 3.29. The van der Waals surface area contributed by atoms with E-state index < -0.39 is 5.69 Å². The van der Waals surface area contributed by atoms with Crippen molar-refractivity contribution in [3.63, 3.8) is 0 Å². The second-order valence-electron chi connectivity index (χ2n) is 8.61. The van der Waals surface area contributed by atoms with Gasteiger partial charge in [-0.15, -0.1) is 0 Å². The number of benzene rings is 3. The van der Waals surface area contributed by atoms with E-state index in [1.54, 1.807) is 30.3 Å². The Morgan fingerprint density at radius 2 is 1.53 bits per heavy atom. The number of rotatable bonds is 4. The minimum atomic E-state index is -0.460. The third kappa shape index (κ3) is 3.65. The third-order valence-electron chi connectivity index (χ3n) is 6.33. The summed E-state index contributed by atoms with van der Waals surface area (Å²) in [4.78, 5) is 31.4. The molecule has 0 spiro atoms. The fraction of sp³-hybridized carbons (Fsp3) is 0.185. The third-order valence-corrected chi connectivity index (χ3v) is 6.33. The molecule has 0 bridgehead atoms. The molecule has 0 unspecified atom stereocenters. The van der Waals surface area contributed by atoms with Crippen molar-refractivity contribution in [2.45, 2.75) is 34.2 Å².